The first kappa shape index (κ1) is 21.3. The summed E-state index contributed by atoms with van der Waals surface area (Å²) in [6, 6.07) is 7.62. The van der Waals surface area contributed by atoms with Crippen LogP contribution in [0.1, 0.15) is 5.56 Å². The number of carbonyl (C=O) groups excluding carboxylic acids is 2. The van der Waals surface area contributed by atoms with Gasteiger partial charge in [0.15, 0.2) is 5.69 Å². The highest BCUT2D eigenvalue weighted by atomic mass is 19.4. The van der Waals surface area contributed by atoms with Crippen molar-refractivity contribution in [3.05, 3.63) is 53.4 Å². The monoisotopic (exact) mass is 443 g/mol. The van der Waals surface area contributed by atoms with Gasteiger partial charge in [0.2, 0.25) is 0 Å². The first-order chi connectivity index (χ1) is 15.3. The fourth-order valence-corrected chi connectivity index (χ4v) is 3.37. The molecule has 1 aliphatic heterocycles. The van der Waals surface area contributed by atoms with Crippen molar-refractivity contribution in [2.75, 3.05) is 31.6 Å². The second kappa shape index (κ2) is 8.32. The van der Waals surface area contributed by atoms with Crippen molar-refractivity contribution in [2.45, 2.75) is 6.18 Å². The zero-order chi connectivity index (χ0) is 22.9. The molecule has 0 radical (unpaired) electrons. The van der Waals surface area contributed by atoms with E-state index in [1.165, 1.54) is 17.0 Å². The van der Waals surface area contributed by atoms with Gasteiger partial charge in [0.1, 0.15) is 11.5 Å². The molecule has 2 N–H and O–H groups in total. The van der Waals surface area contributed by atoms with Crippen LogP contribution in [0.5, 0.6) is 0 Å². The van der Waals surface area contributed by atoms with E-state index in [2.05, 4.69) is 20.1 Å². The van der Waals surface area contributed by atoms with Crippen molar-refractivity contribution in [3.63, 3.8) is 0 Å². The van der Waals surface area contributed by atoms with Crippen LogP contribution in [-0.2, 0) is 20.5 Å². The lowest BCUT2D eigenvalue weighted by atomic mass is 10.0. The zero-order valence-corrected chi connectivity index (χ0v) is 16.5. The number of morpholine rings is 1. The number of aromatic nitrogens is 2. The Hall–Kier alpha value is -3.91. The van der Waals surface area contributed by atoms with E-state index < -0.39 is 23.6 Å². The summed E-state index contributed by atoms with van der Waals surface area (Å²) in [4.78, 5) is 36.1. The van der Waals surface area contributed by atoms with Gasteiger partial charge in [-0.05, 0) is 29.8 Å². The first-order valence-electron chi connectivity index (χ1n) is 9.53. The number of fused-ring (bicyclic) bond motifs is 1. The molecular formula is C21H16F3N5O3. The number of hydrogen-bond acceptors (Lipinski definition) is 4. The molecule has 1 aromatic carbocycles. The second-order valence-electron chi connectivity index (χ2n) is 7.02. The summed E-state index contributed by atoms with van der Waals surface area (Å²) in [5.74, 6) is -1.51. The Morgan fingerprint density at radius 3 is 2.59 bits per heavy atom. The van der Waals surface area contributed by atoms with Gasteiger partial charge in [0.05, 0.1) is 25.3 Å². The molecule has 2 aromatic heterocycles. The molecule has 4 rings (SSSR count). The third-order valence-electron chi connectivity index (χ3n) is 4.94. The van der Waals surface area contributed by atoms with E-state index in [9.17, 15) is 22.8 Å². The average molecular weight is 443 g/mol. The Kier molecular flexibility index (Phi) is 5.54. The van der Waals surface area contributed by atoms with Gasteiger partial charge in [-0.1, -0.05) is 12.1 Å². The standard InChI is InChI=1S/C21H16F3N5O3/c1-25-13-3-4-15(21(22,23)24)14(11-13)16-10-12-2-5-17(27-18(12)26-16)28-19(30)20(31)29-6-8-32-9-7-29/h2-5,10-11H,6-9H2,(H2,26,27,28,30). The summed E-state index contributed by atoms with van der Waals surface area (Å²) in [6.45, 7) is 8.40. The molecule has 11 heteroatoms. The van der Waals surface area contributed by atoms with Gasteiger partial charge < -0.3 is 19.9 Å². The lowest BCUT2D eigenvalue weighted by Crippen LogP contribution is -2.45. The molecule has 0 unspecified atom stereocenters. The number of benzene rings is 1. The largest absolute Gasteiger partial charge is 0.416 e. The molecule has 8 nitrogen and oxygen atoms in total. The quantitative estimate of drug-likeness (QED) is 0.468. The maximum atomic E-state index is 13.5. The van der Waals surface area contributed by atoms with Crippen molar-refractivity contribution in [2.24, 2.45) is 0 Å². The molecule has 3 heterocycles. The number of hydrogen-bond donors (Lipinski definition) is 2. The van der Waals surface area contributed by atoms with Crippen LogP contribution >= 0.6 is 0 Å². The number of carbonyl (C=O) groups is 2. The molecule has 0 aliphatic carbocycles. The van der Waals surface area contributed by atoms with Gasteiger partial charge in [0, 0.05) is 24.2 Å². The Morgan fingerprint density at radius 2 is 1.91 bits per heavy atom. The highest BCUT2D eigenvalue weighted by molar-refractivity contribution is 6.39. The number of halogens is 3. The number of alkyl halides is 3. The van der Waals surface area contributed by atoms with E-state index >= 15 is 0 Å². The van der Waals surface area contributed by atoms with Gasteiger partial charge in [-0.3, -0.25) is 9.59 Å². The normalized spacial score (nSPS) is 14.2. The predicted octanol–water partition coefficient (Wildman–Crippen LogP) is 3.60. The molecule has 1 saturated heterocycles. The van der Waals surface area contributed by atoms with E-state index in [4.69, 9.17) is 11.3 Å². The number of H-pyrrole nitrogens is 1. The number of nitrogens with one attached hydrogen (secondary N) is 2. The van der Waals surface area contributed by atoms with Crippen LogP contribution < -0.4 is 5.32 Å². The molecule has 164 valence electrons. The Balaban J connectivity index is 1.62. The molecule has 1 fully saturated rings. The maximum absolute atomic E-state index is 13.5. The second-order valence-corrected chi connectivity index (χ2v) is 7.02. The van der Waals surface area contributed by atoms with E-state index in [-0.39, 0.29) is 28.4 Å². The molecule has 2 amide bonds. The molecular weight excluding hydrogens is 427 g/mol. The number of nitrogens with zero attached hydrogens (tertiary/aromatic N) is 3. The van der Waals surface area contributed by atoms with Crippen molar-refractivity contribution in [3.8, 4) is 11.3 Å². The van der Waals surface area contributed by atoms with E-state index in [1.807, 2.05) is 0 Å². The molecule has 0 bridgehead atoms. The van der Waals surface area contributed by atoms with E-state index in [0.29, 0.717) is 31.7 Å². The van der Waals surface area contributed by atoms with Crippen molar-refractivity contribution in [1.29, 1.82) is 0 Å². The van der Waals surface area contributed by atoms with Gasteiger partial charge in [-0.2, -0.15) is 13.2 Å². The molecule has 1 aliphatic rings. The Labute approximate surface area is 179 Å². The van der Waals surface area contributed by atoms with Crippen LogP contribution in [0.2, 0.25) is 0 Å². The topological polar surface area (TPSA) is 91.7 Å². The number of anilines is 1. The van der Waals surface area contributed by atoms with Gasteiger partial charge >= 0.3 is 18.0 Å². The Bertz CT molecular complexity index is 1240. The minimum absolute atomic E-state index is 0.0641. The number of pyridine rings is 1. The minimum atomic E-state index is -4.61. The summed E-state index contributed by atoms with van der Waals surface area (Å²) in [7, 11) is 0. The summed E-state index contributed by atoms with van der Waals surface area (Å²) < 4.78 is 45.5. The molecule has 0 spiro atoms. The summed E-state index contributed by atoms with van der Waals surface area (Å²) in [6.07, 6.45) is -4.61. The van der Waals surface area contributed by atoms with Gasteiger partial charge in [0.25, 0.3) is 0 Å². The Morgan fingerprint density at radius 1 is 1.16 bits per heavy atom. The third kappa shape index (κ3) is 4.26. The molecule has 0 atom stereocenters. The van der Waals surface area contributed by atoms with Crippen LogP contribution in [0.25, 0.3) is 27.1 Å². The average Bonchev–Trinajstić information content (AvgIpc) is 3.21. The van der Waals surface area contributed by atoms with Crippen LogP contribution in [0.3, 0.4) is 0 Å². The molecule has 3 aromatic rings. The molecule has 32 heavy (non-hydrogen) atoms. The number of amides is 2. The maximum Gasteiger partial charge on any atom is 0.416 e. The van der Waals surface area contributed by atoms with Crippen molar-refractivity contribution < 1.29 is 27.5 Å². The number of rotatable bonds is 2. The van der Waals surface area contributed by atoms with Crippen LogP contribution in [0, 0.1) is 6.57 Å². The fourth-order valence-electron chi connectivity index (χ4n) is 3.37. The van der Waals surface area contributed by atoms with Crippen LogP contribution in [-0.4, -0.2) is 53.0 Å². The molecule has 0 saturated carbocycles. The first-order valence-corrected chi connectivity index (χ1v) is 9.53. The SMILES string of the molecule is [C-]#[N+]c1ccc(C(F)(F)F)c(-c2cc3ccc(NC(=O)C(=O)N4CCOCC4)nc3[nH]2)c1. The van der Waals surface area contributed by atoms with E-state index in [1.54, 1.807) is 6.07 Å². The highest BCUT2D eigenvalue weighted by Crippen LogP contribution is 2.39. The van der Waals surface area contributed by atoms with Gasteiger partial charge in [-0.15, -0.1) is 0 Å². The smallest absolute Gasteiger partial charge is 0.378 e. The lowest BCUT2D eigenvalue weighted by molar-refractivity contribution is -0.145. The van der Waals surface area contributed by atoms with Crippen molar-refractivity contribution in [1.82, 2.24) is 14.9 Å². The summed E-state index contributed by atoms with van der Waals surface area (Å²) in [5, 5.41) is 2.91. The van der Waals surface area contributed by atoms with Crippen molar-refractivity contribution >= 4 is 34.4 Å². The van der Waals surface area contributed by atoms with Crippen LogP contribution in [0.4, 0.5) is 24.7 Å². The lowest BCUT2D eigenvalue weighted by Gasteiger charge is -2.25. The summed E-state index contributed by atoms with van der Waals surface area (Å²) in [5.41, 5.74) is -0.663. The fraction of sp³-hybridized carbons (Fsp3) is 0.238. The van der Waals surface area contributed by atoms with E-state index in [0.717, 1.165) is 18.2 Å². The third-order valence-corrected chi connectivity index (χ3v) is 4.94. The highest BCUT2D eigenvalue weighted by Gasteiger charge is 2.34. The van der Waals surface area contributed by atoms with Gasteiger partial charge in [-0.25, -0.2) is 9.83 Å². The number of ether oxygens (including phenoxy) is 1. The number of aromatic amines is 1. The predicted molar refractivity (Wildman–Crippen MR) is 109 cm³/mol. The van der Waals surface area contributed by atoms with Crippen LogP contribution in [0.15, 0.2) is 36.4 Å². The minimum Gasteiger partial charge on any atom is -0.378 e. The summed E-state index contributed by atoms with van der Waals surface area (Å²) >= 11 is 0. The zero-order valence-electron chi connectivity index (χ0n) is 16.5.